The first kappa shape index (κ1) is 12.7. The second-order valence-corrected chi connectivity index (χ2v) is 5.27. The van der Waals surface area contributed by atoms with Gasteiger partial charge in [0.2, 0.25) is 0 Å². The average molecular weight is 314 g/mol. The molecule has 0 atom stereocenters. The van der Waals surface area contributed by atoms with Crippen molar-refractivity contribution in [1.82, 2.24) is 4.98 Å². The monoisotopic (exact) mass is 312 g/mol. The SMILES string of the molecule is CCCc1cc(NC)c2cc(Br)cc(Cl)c2n1. The lowest BCUT2D eigenvalue weighted by molar-refractivity contribution is 0.890. The largest absolute Gasteiger partial charge is 0.388 e. The Morgan fingerprint density at radius 1 is 1.35 bits per heavy atom. The molecule has 17 heavy (non-hydrogen) atoms. The number of benzene rings is 1. The lowest BCUT2D eigenvalue weighted by Crippen LogP contribution is -1.97. The first-order chi connectivity index (χ1) is 8.15. The fourth-order valence-corrected chi connectivity index (χ4v) is 2.75. The molecule has 90 valence electrons. The molecule has 0 spiro atoms. The number of fused-ring (bicyclic) bond motifs is 1. The van der Waals surface area contributed by atoms with Gasteiger partial charge in [-0.2, -0.15) is 0 Å². The summed E-state index contributed by atoms with van der Waals surface area (Å²) in [5.41, 5.74) is 3.01. The summed E-state index contributed by atoms with van der Waals surface area (Å²) in [4.78, 5) is 4.62. The number of rotatable bonds is 3. The molecule has 0 bridgehead atoms. The first-order valence-electron chi connectivity index (χ1n) is 5.62. The summed E-state index contributed by atoms with van der Waals surface area (Å²) in [6, 6.07) is 6.01. The van der Waals surface area contributed by atoms with Crippen molar-refractivity contribution in [2.24, 2.45) is 0 Å². The van der Waals surface area contributed by atoms with E-state index in [9.17, 15) is 0 Å². The zero-order valence-corrected chi connectivity index (χ0v) is 12.2. The van der Waals surface area contributed by atoms with Crippen LogP contribution in [0.5, 0.6) is 0 Å². The molecule has 0 fully saturated rings. The predicted octanol–water partition coefficient (Wildman–Crippen LogP) is 4.64. The van der Waals surface area contributed by atoms with Crippen molar-refractivity contribution in [2.45, 2.75) is 19.8 Å². The van der Waals surface area contributed by atoms with E-state index in [0.717, 1.165) is 39.6 Å². The van der Waals surface area contributed by atoms with Crippen molar-refractivity contribution >= 4 is 44.1 Å². The molecule has 0 saturated heterocycles. The normalized spacial score (nSPS) is 10.8. The molecule has 0 aliphatic carbocycles. The summed E-state index contributed by atoms with van der Waals surface area (Å²) in [5, 5.41) is 4.94. The molecule has 1 aromatic carbocycles. The van der Waals surface area contributed by atoms with E-state index in [-0.39, 0.29) is 0 Å². The Kier molecular flexibility index (Phi) is 3.89. The number of nitrogens with one attached hydrogen (secondary N) is 1. The third-order valence-corrected chi connectivity index (χ3v) is 3.41. The van der Waals surface area contributed by atoms with Crippen LogP contribution in [-0.4, -0.2) is 12.0 Å². The van der Waals surface area contributed by atoms with Gasteiger partial charge in [-0.1, -0.05) is 40.9 Å². The lowest BCUT2D eigenvalue weighted by Gasteiger charge is -2.10. The van der Waals surface area contributed by atoms with Gasteiger partial charge in [0.1, 0.15) is 0 Å². The molecule has 2 rings (SSSR count). The van der Waals surface area contributed by atoms with Gasteiger partial charge < -0.3 is 5.32 Å². The quantitative estimate of drug-likeness (QED) is 0.892. The lowest BCUT2D eigenvalue weighted by atomic mass is 10.1. The first-order valence-corrected chi connectivity index (χ1v) is 6.79. The van der Waals surface area contributed by atoms with Crippen LogP contribution in [0.2, 0.25) is 5.02 Å². The van der Waals surface area contributed by atoms with Gasteiger partial charge in [0, 0.05) is 28.3 Å². The Morgan fingerprint density at radius 3 is 2.76 bits per heavy atom. The molecule has 0 saturated carbocycles. The number of anilines is 1. The summed E-state index contributed by atoms with van der Waals surface area (Å²) in [6.45, 7) is 2.15. The fourth-order valence-electron chi connectivity index (χ4n) is 1.90. The van der Waals surface area contributed by atoms with Crippen LogP contribution in [0.15, 0.2) is 22.7 Å². The molecule has 0 aliphatic heterocycles. The highest BCUT2D eigenvalue weighted by Gasteiger charge is 2.09. The van der Waals surface area contributed by atoms with Crippen LogP contribution in [0.3, 0.4) is 0 Å². The third kappa shape index (κ3) is 2.55. The Morgan fingerprint density at radius 2 is 2.12 bits per heavy atom. The van der Waals surface area contributed by atoms with Gasteiger partial charge in [-0.15, -0.1) is 0 Å². The van der Waals surface area contributed by atoms with E-state index < -0.39 is 0 Å². The number of hydrogen-bond acceptors (Lipinski definition) is 2. The van der Waals surface area contributed by atoms with Gasteiger partial charge in [0.15, 0.2) is 0 Å². The number of nitrogens with zero attached hydrogens (tertiary/aromatic N) is 1. The van der Waals surface area contributed by atoms with E-state index in [4.69, 9.17) is 11.6 Å². The van der Waals surface area contributed by atoms with Crippen LogP contribution in [0, 0.1) is 0 Å². The maximum absolute atomic E-state index is 6.24. The fraction of sp³-hybridized carbons (Fsp3) is 0.308. The zero-order chi connectivity index (χ0) is 12.4. The summed E-state index contributed by atoms with van der Waals surface area (Å²) in [5.74, 6) is 0. The van der Waals surface area contributed by atoms with Crippen LogP contribution in [0.25, 0.3) is 10.9 Å². The topological polar surface area (TPSA) is 24.9 Å². The molecule has 0 radical (unpaired) electrons. The van der Waals surface area contributed by atoms with Crippen molar-refractivity contribution in [3.63, 3.8) is 0 Å². The number of pyridine rings is 1. The van der Waals surface area contributed by atoms with Crippen LogP contribution >= 0.6 is 27.5 Å². The number of halogens is 2. The maximum Gasteiger partial charge on any atom is 0.0912 e. The van der Waals surface area contributed by atoms with Crippen LogP contribution in [0.4, 0.5) is 5.69 Å². The van der Waals surface area contributed by atoms with Crippen molar-refractivity contribution in [3.8, 4) is 0 Å². The van der Waals surface area contributed by atoms with E-state index >= 15 is 0 Å². The molecule has 4 heteroatoms. The molecule has 1 heterocycles. The highest BCUT2D eigenvalue weighted by molar-refractivity contribution is 9.10. The molecule has 2 nitrogen and oxygen atoms in total. The van der Waals surface area contributed by atoms with E-state index in [1.807, 2.05) is 19.2 Å². The van der Waals surface area contributed by atoms with Crippen LogP contribution in [-0.2, 0) is 6.42 Å². The van der Waals surface area contributed by atoms with E-state index in [1.165, 1.54) is 0 Å². The smallest absolute Gasteiger partial charge is 0.0912 e. The number of aryl methyl sites for hydroxylation is 1. The van der Waals surface area contributed by atoms with Crippen molar-refractivity contribution < 1.29 is 0 Å². The molecular weight excluding hydrogens is 300 g/mol. The Bertz CT molecular complexity index is 555. The summed E-state index contributed by atoms with van der Waals surface area (Å²) >= 11 is 9.70. The Balaban J connectivity index is 2.73. The number of hydrogen-bond donors (Lipinski definition) is 1. The predicted molar refractivity (Wildman–Crippen MR) is 78.0 cm³/mol. The minimum absolute atomic E-state index is 0.684. The minimum Gasteiger partial charge on any atom is -0.388 e. The summed E-state index contributed by atoms with van der Waals surface area (Å²) in [6.07, 6.45) is 2.05. The van der Waals surface area contributed by atoms with Gasteiger partial charge in [0.25, 0.3) is 0 Å². The minimum atomic E-state index is 0.684. The Labute approximate surface area is 115 Å². The number of aromatic nitrogens is 1. The van der Waals surface area contributed by atoms with Gasteiger partial charge in [-0.25, -0.2) is 0 Å². The van der Waals surface area contributed by atoms with Gasteiger partial charge in [0.05, 0.1) is 10.5 Å². The molecule has 0 aliphatic rings. The maximum atomic E-state index is 6.24. The second-order valence-electron chi connectivity index (χ2n) is 3.94. The molecule has 1 N–H and O–H groups in total. The summed E-state index contributed by atoms with van der Waals surface area (Å²) < 4.78 is 0.969. The Hall–Kier alpha value is -0.800. The van der Waals surface area contributed by atoms with Crippen LogP contribution < -0.4 is 5.32 Å². The van der Waals surface area contributed by atoms with Gasteiger partial charge in [-0.05, 0) is 24.6 Å². The molecule has 1 aromatic heterocycles. The van der Waals surface area contributed by atoms with E-state index in [0.29, 0.717) is 5.02 Å². The van der Waals surface area contributed by atoms with E-state index in [2.05, 4.69) is 39.2 Å². The molecule has 0 unspecified atom stereocenters. The molecular formula is C13H14BrClN2. The van der Waals surface area contributed by atoms with E-state index in [1.54, 1.807) is 0 Å². The van der Waals surface area contributed by atoms with Crippen molar-refractivity contribution in [3.05, 3.63) is 33.4 Å². The standard InChI is InChI=1S/C13H14BrClN2/c1-3-4-9-7-12(16-2)10-5-8(14)6-11(15)13(10)17-9/h5-7H,3-4H2,1-2H3,(H,16,17). The van der Waals surface area contributed by atoms with Crippen LogP contribution in [0.1, 0.15) is 19.0 Å². The average Bonchev–Trinajstić information content (AvgIpc) is 2.29. The second kappa shape index (κ2) is 5.23. The van der Waals surface area contributed by atoms with Crippen molar-refractivity contribution in [2.75, 3.05) is 12.4 Å². The summed E-state index contributed by atoms with van der Waals surface area (Å²) in [7, 11) is 1.92. The van der Waals surface area contributed by atoms with Gasteiger partial charge >= 0.3 is 0 Å². The zero-order valence-electron chi connectivity index (χ0n) is 9.85. The van der Waals surface area contributed by atoms with Gasteiger partial charge in [-0.3, -0.25) is 4.98 Å². The molecule has 2 aromatic rings. The highest BCUT2D eigenvalue weighted by Crippen LogP contribution is 2.32. The molecule has 0 amide bonds. The highest BCUT2D eigenvalue weighted by atomic mass is 79.9. The van der Waals surface area contributed by atoms with Crippen molar-refractivity contribution in [1.29, 1.82) is 0 Å². The third-order valence-electron chi connectivity index (χ3n) is 2.66.